The van der Waals surface area contributed by atoms with Gasteiger partial charge in [0.1, 0.15) is 0 Å². The number of hydrogen-bond donors (Lipinski definition) is 0. The van der Waals surface area contributed by atoms with Crippen LogP contribution in [-0.2, 0) is 4.79 Å². The average molecular weight is 506 g/mol. The standard InChI is InChI=1S/C34H67NO/c1-2-3-4-5-6-7-8-9-10-11-12-13-14-15-16-17-18-19-20-21-22-23-24-25-26-27-28-29-32-35-33-30-31-34(35)36/h2-33H2,1H3. The molecule has 2 nitrogen and oxygen atoms in total. The molecule has 1 saturated heterocycles. The van der Waals surface area contributed by atoms with E-state index in [1.165, 1.54) is 180 Å². The molecule has 0 unspecified atom stereocenters. The fourth-order valence-electron chi connectivity index (χ4n) is 5.91. The number of unbranched alkanes of at least 4 members (excludes halogenated alkanes) is 27. The Hall–Kier alpha value is -0.530. The van der Waals surface area contributed by atoms with E-state index in [0.29, 0.717) is 5.91 Å². The highest BCUT2D eigenvalue weighted by molar-refractivity contribution is 5.77. The van der Waals surface area contributed by atoms with Crippen LogP contribution in [0.15, 0.2) is 0 Å². The maximum atomic E-state index is 11.6. The van der Waals surface area contributed by atoms with E-state index in [1.807, 2.05) is 0 Å². The predicted octanol–water partition coefficient (Wildman–Crippen LogP) is 11.6. The monoisotopic (exact) mass is 506 g/mol. The first-order valence-electron chi connectivity index (χ1n) is 17.1. The summed E-state index contributed by atoms with van der Waals surface area (Å²) < 4.78 is 0. The molecule has 1 amide bonds. The van der Waals surface area contributed by atoms with Crippen LogP contribution in [0.5, 0.6) is 0 Å². The van der Waals surface area contributed by atoms with Gasteiger partial charge in [-0.15, -0.1) is 0 Å². The molecule has 36 heavy (non-hydrogen) atoms. The van der Waals surface area contributed by atoms with Gasteiger partial charge in [-0.1, -0.05) is 180 Å². The molecular weight excluding hydrogens is 438 g/mol. The molecule has 1 heterocycles. The minimum Gasteiger partial charge on any atom is -0.343 e. The Kier molecular flexibility index (Phi) is 25.6. The molecule has 1 aliphatic heterocycles. The first-order chi connectivity index (χ1) is 17.8. The molecule has 0 radical (unpaired) electrons. The van der Waals surface area contributed by atoms with E-state index in [1.54, 1.807) is 0 Å². The van der Waals surface area contributed by atoms with Crippen LogP contribution in [0.2, 0.25) is 0 Å². The molecule has 0 N–H and O–H groups in total. The highest BCUT2D eigenvalue weighted by atomic mass is 16.2. The Bertz CT molecular complexity index is 448. The zero-order valence-electron chi connectivity index (χ0n) is 25.0. The van der Waals surface area contributed by atoms with Gasteiger partial charge in [-0.25, -0.2) is 0 Å². The third kappa shape index (κ3) is 22.7. The molecule has 0 saturated carbocycles. The summed E-state index contributed by atoms with van der Waals surface area (Å²) in [7, 11) is 0. The number of amides is 1. The zero-order chi connectivity index (χ0) is 25.8. The van der Waals surface area contributed by atoms with Crippen molar-refractivity contribution in [3.8, 4) is 0 Å². The van der Waals surface area contributed by atoms with Gasteiger partial charge in [0.25, 0.3) is 0 Å². The quantitative estimate of drug-likeness (QED) is 0.0925. The Morgan fingerprint density at radius 3 is 0.972 bits per heavy atom. The molecule has 0 bridgehead atoms. The number of rotatable bonds is 29. The molecule has 0 atom stereocenters. The van der Waals surface area contributed by atoms with Crippen molar-refractivity contribution < 1.29 is 4.79 Å². The minimum atomic E-state index is 0.389. The molecule has 0 spiro atoms. The van der Waals surface area contributed by atoms with Gasteiger partial charge in [-0.2, -0.15) is 0 Å². The van der Waals surface area contributed by atoms with E-state index < -0.39 is 0 Å². The first kappa shape index (κ1) is 33.5. The summed E-state index contributed by atoms with van der Waals surface area (Å²) in [6.45, 7) is 4.33. The van der Waals surface area contributed by atoms with Gasteiger partial charge in [-0.3, -0.25) is 4.79 Å². The highest BCUT2D eigenvalue weighted by Gasteiger charge is 2.18. The Balaban J connectivity index is 1.62. The number of hydrogen-bond acceptors (Lipinski definition) is 1. The normalized spacial score (nSPS) is 13.8. The molecule has 1 fully saturated rings. The third-order valence-electron chi connectivity index (χ3n) is 8.45. The lowest BCUT2D eigenvalue weighted by Gasteiger charge is -2.14. The molecule has 0 aromatic carbocycles. The van der Waals surface area contributed by atoms with E-state index in [0.717, 1.165) is 25.9 Å². The first-order valence-corrected chi connectivity index (χ1v) is 17.1. The van der Waals surface area contributed by atoms with Gasteiger partial charge < -0.3 is 4.90 Å². The third-order valence-corrected chi connectivity index (χ3v) is 8.45. The molecule has 0 aromatic heterocycles. The van der Waals surface area contributed by atoms with Crippen LogP contribution in [-0.4, -0.2) is 23.9 Å². The van der Waals surface area contributed by atoms with Crippen LogP contribution in [0.3, 0.4) is 0 Å². The Morgan fingerprint density at radius 2 is 0.722 bits per heavy atom. The van der Waals surface area contributed by atoms with Crippen molar-refractivity contribution >= 4 is 5.91 Å². The van der Waals surface area contributed by atoms with Crippen LogP contribution in [0.4, 0.5) is 0 Å². The van der Waals surface area contributed by atoms with Gasteiger partial charge in [0.2, 0.25) is 5.91 Å². The van der Waals surface area contributed by atoms with Gasteiger partial charge in [0.15, 0.2) is 0 Å². The SMILES string of the molecule is CCCCCCCCCCCCCCCCCCCCCCCCCCCCCCN1CCCC1=O. The average Bonchev–Trinajstić information content (AvgIpc) is 3.30. The van der Waals surface area contributed by atoms with Crippen molar-refractivity contribution in [1.29, 1.82) is 0 Å². The van der Waals surface area contributed by atoms with Crippen molar-refractivity contribution in [3.63, 3.8) is 0 Å². The maximum Gasteiger partial charge on any atom is 0.222 e. The molecule has 1 rings (SSSR count). The second-order valence-electron chi connectivity index (χ2n) is 12.0. The van der Waals surface area contributed by atoms with Crippen LogP contribution in [0.25, 0.3) is 0 Å². The van der Waals surface area contributed by atoms with E-state index in [9.17, 15) is 4.79 Å². The van der Waals surface area contributed by atoms with Crippen molar-refractivity contribution in [1.82, 2.24) is 4.90 Å². The molecule has 1 aliphatic rings. The smallest absolute Gasteiger partial charge is 0.222 e. The van der Waals surface area contributed by atoms with Crippen LogP contribution < -0.4 is 0 Å². The summed E-state index contributed by atoms with van der Waals surface area (Å²) in [5.74, 6) is 0.389. The summed E-state index contributed by atoms with van der Waals surface area (Å²) in [6.07, 6.45) is 42.3. The minimum absolute atomic E-state index is 0.389. The molecular formula is C34H67NO. The molecule has 0 aromatic rings. The fraction of sp³-hybridized carbons (Fsp3) is 0.971. The van der Waals surface area contributed by atoms with E-state index >= 15 is 0 Å². The summed E-state index contributed by atoms with van der Waals surface area (Å²) in [6, 6.07) is 0. The largest absolute Gasteiger partial charge is 0.343 e. The van der Waals surface area contributed by atoms with Crippen LogP contribution in [0.1, 0.15) is 200 Å². The van der Waals surface area contributed by atoms with Crippen molar-refractivity contribution in [2.75, 3.05) is 13.1 Å². The van der Waals surface area contributed by atoms with Crippen LogP contribution in [0, 0.1) is 0 Å². The lowest BCUT2D eigenvalue weighted by atomic mass is 10.0. The summed E-state index contributed by atoms with van der Waals surface area (Å²) in [4.78, 5) is 13.7. The van der Waals surface area contributed by atoms with Gasteiger partial charge in [0.05, 0.1) is 0 Å². The lowest BCUT2D eigenvalue weighted by Crippen LogP contribution is -2.25. The van der Waals surface area contributed by atoms with Crippen LogP contribution >= 0.6 is 0 Å². The predicted molar refractivity (Wildman–Crippen MR) is 161 cm³/mol. The fourth-order valence-corrected chi connectivity index (χ4v) is 5.91. The van der Waals surface area contributed by atoms with Crippen molar-refractivity contribution in [2.45, 2.75) is 200 Å². The Morgan fingerprint density at radius 1 is 0.444 bits per heavy atom. The number of carbonyl (C=O) groups is 1. The number of likely N-dealkylation sites (tertiary alicyclic amines) is 1. The van der Waals surface area contributed by atoms with Gasteiger partial charge in [0, 0.05) is 19.5 Å². The van der Waals surface area contributed by atoms with Gasteiger partial charge >= 0.3 is 0 Å². The molecule has 214 valence electrons. The van der Waals surface area contributed by atoms with E-state index in [-0.39, 0.29) is 0 Å². The molecule has 2 heteroatoms. The summed E-state index contributed by atoms with van der Waals surface area (Å²) >= 11 is 0. The number of carbonyl (C=O) groups excluding carboxylic acids is 1. The summed E-state index contributed by atoms with van der Waals surface area (Å²) in [5, 5.41) is 0. The van der Waals surface area contributed by atoms with Gasteiger partial charge in [-0.05, 0) is 12.8 Å². The maximum absolute atomic E-state index is 11.6. The second kappa shape index (κ2) is 27.5. The molecule has 0 aliphatic carbocycles. The lowest BCUT2D eigenvalue weighted by molar-refractivity contribution is -0.127. The van der Waals surface area contributed by atoms with E-state index in [4.69, 9.17) is 0 Å². The highest BCUT2D eigenvalue weighted by Crippen LogP contribution is 2.17. The Labute approximate surface area is 228 Å². The summed E-state index contributed by atoms with van der Waals surface area (Å²) in [5.41, 5.74) is 0. The number of nitrogens with zero attached hydrogens (tertiary/aromatic N) is 1. The van der Waals surface area contributed by atoms with Crippen molar-refractivity contribution in [2.24, 2.45) is 0 Å². The topological polar surface area (TPSA) is 20.3 Å². The van der Waals surface area contributed by atoms with Crippen molar-refractivity contribution in [3.05, 3.63) is 0 Å². The zero-order valence-corrected chi connectivity index (χ0v) is 25.0. The van der Waals surface area contributed by atoms with E-state index in [2.05, 4.69) is 11.8 Å². The second-order valence-corrected chi connectivity index (χ2v) is 12.0.